The molecular weight excluding hydrogens is 295 g/mol. The predicted molar refractivity (Wildman–Crippen MR) is 80.2 cm³/mol. The summed E-state index contributed by atoms with van der Waals surface area (Å²) >= 11 is 5.87. The Labute approximate surface area is 127 Å². The molecule has 0 aliphatic carbocycles. The Kier molecular flexibility index (Phi) is 4.90. The molecule has 0 unspecified atom stereocenters. The van der Waals surface area contributed by atoms with Crippen LogP contribution < -0.4 is 10.1 Å². The van der Waals surface area contributed by atoms with Crippen LogP contribution in [0, 0.1) is 5.82 Å². The SMILES string of the molecule is CCNc1nc(OC(C)C)nc(-c2cc(F)cc(Cl)c2)n1. The second kappa shape index (κ2) is 6.67. The molecule has 0 spiro atoms. The lowest BCUT2D eigenvalue weighted by atomic mass is 10.2. The summed E-state index contributed by atoms with van der Waals surface area (Å²) in [5.41, 5.74) is 0.468. The Hall–Kier alpha value is -1.95. The average Bonchev–Trinajstić information content (AvgIpc) is 2.36. The number of hydrogen-bond acceptors (Lipinski definition) is 5. The number of halogens is 2. The van der Waals surface area contributed by atoms with E-state index in [1.165, 1.54) is 12.1 Å². The number of anilines is 1. The highest BCUT2D eigenvalue weighted by Crippen LogP contribution is 2.23. The summed E-state index contributed by atoms with van der Waals surface area (Å²) in [6.07, 6.45) is -0.0779. The molecule has 21 heavy (non-hydrogen) atoms. The summed E-state index contributed by atoms with van der Waals surface area (Å²) in [7, 11) is 0. The number of nitrogens with one attached hydrogen (secondary N) is 1. The van der Waals surface area contributed by atoms with Crippen molar-refractivity contribution in [3.63, 3.8) is 0 Å². The van der Waals surface area contributed by atoms with Crippen molar-refractivity contribution in [2.75, 3.05) is 11.9 Å². The van der Waals surface area contributed by atoms with Gasteiger partial charge in [0.15, 0.2) is 5.82 Å². The third-order valence-electron chi connectivity index (χ3n) is 2.41. The molecule has 0 radical (unpaired) electrons. The van der Waals surface area contributed by atoms with Gasteiger partial charge in [-0.05, 0) is 39.0 Å². The van der Waals surface area contributed by atoms with Crippen LogP contribution in [0.15, 0.2) is 18.2 Å². The molecule has 1 aromatic carbocycles. The van der Waals surface area contributed by atoms with Crippen molar-refractivity contribution in [1.29, 1.82) is 0 Å². The van der Waals surface area contributed by atoms with Gasteiger partial charge < -0.3 is 10.1 Å². The van der Waals surface area contributed by atoms with Gasteiger partial charge in [-0.2, -0.15) is 15.0 Å². The standard InChI is InChI=1S/C14H16ClFN4O/c1-4-17-13-18-12(19-14(20-13)21-8(2)3)9-5-10(15)7-11(16)6-9/h5-8H,4H2,1-3H3,(H,17,18,19,20). The van der Waals surface area contributed by atoms with Gasteiger partial charge in [0.25, 0.3) is 0 Å². The molecule has 1 heterocycles. The van der Waals surface area contributed by atoms with E-state index in [0.717, 1.165) is 0 Å². The monoisotopic (exact) mass is 310 g/mol. The van der Waals surface area contributed by atoms with Crippen LogP contribution in [0.3, 0.4) is 0 Å². The number of aromatic nitrogens is 3. The second-order valence-electron chi connectivity index (χ2n) is 4.62. The lowest BCUT2D eigenvalue weighted by molar-refractivity contribution is 0.222. The number of nitrogens with zero attached hydrogens (tertiary/aromatic N) is 3. The van der Waals surface area contributed by atoms with Crippen molar-refractivity contribution in [2.45, 2.75) is 26.9 Å². The third-order valence-corrected chi connectivity index (χ3v) is 2.63. The summed E-state index contributed by atoms with van der Waals surface area (Å²) in [6, 6.07) is 4.32. The minimum absolute atomic E-state index is 0.0779. The van der Waals surface area contributed by atoms with Crippen molar-refractivity contribution in [2.24, 2.45) is 0 Å². The van der Waals surface area contributed by atoms with Crippen molar-refractivity contribution < 1.29 is 9.13 Å². The number of benzene rings is 1. The molecule has 0 aliphatic rings. The summed E-state index contributed by atoms with van der Waals surface area (Å²) in [5.74, 6) is 0.228. The van der Waals surface area contributed by atoms with Gasteiger partial charge in [0.2, 0.25) is 5.95 Å². The van der Waals surface area contributed by atoms with E-state index in [-0.39, 0.29) is 17.1 Å². The molecule has 0 saturated heterocycles. The zero-order valence-corrected chi connectivity index (χ0v) is 12.8. The zero-order valence-electron chi connectivity index (χ0n) is 12.0. The van der Waals surface area contributed by atoms with Crippen molar-refractivity contribution >= 4 is 17.5 Å². The van der Waals surface area contributed by atoms with E-state index in [0.29, 0.717) is 23.9 Å². The van der Waals surface area contributed by atoms with Crippen LogP contribution in [0.2, 0.25) is 5.02 Å². The van der Waals surface area contributed by atoms with Crippen LogP contribution in [0.5, 0.6) is 6.01 Å². The Bertz CT molecular complexity index is 616. The first kappa shape index (κ1) is 15.4. The van der Waals surface area contributed by atoms with Gasteiger partial charge in [-0.15, -0.1) is 0 Å². The molecule has 0 saturated carbocycles. The first-order chi connectivity index (χ1) is 9.97. The van der Waals surface area contributed by atoms with E-state index < -0.39 is 5.82 Å². The molecule has 2 rings (SSSR count). The molecule has 1 aromatic heterocycles. The Morgan fingerprint density at radius 2 is 2.00 bits per heavy atom. The largest absolute Gasteiger partial charge is 0.461 e. The maximum atomic E-state index is 13.5. The van der Waals surface area contributed by atoms with Gasteiger partial charge in [0, 0.05) is 17.1 Å². The first-order valence-corrected chi connectivity index (χ1v) is 6.98. The minimum Gasteiger partial charge on any atom is -0.461 e. The van der Waals surface area contributed by atoms with Crippen LogP contribution in [-0.4, -0.2) is 27.6 Å². The smallest absolute Gasteiger partial charge is 0.322 e. The minimum atomic E-state index is -0.450. The molecule has 1 N–H and O–H groups in total. The number of hydrogen-bond donors (Lipinski definition) is 1. The van der Waals surface area contributed by atoms with Crippen molar-refractivity contribution in [3.05, 3.63) is 29.0 Å². The van der Waals surface area contributed by atoms with Crippen LogP contribution in [0.4, 0.5) is 10.3 Å². The van der Waals surface area contributed by atoms with Gasteiger partial charge >= 0.3 is 6.01 Å². The van der Waals surface area contributed by atoms with Crippen LogP contribution >= 0.6 is 11.6 Å². The normalized spacial score (nSPS) is 10.8. The van der Waals surface area contributed by atoms with Gasteiger partial charge in [0.1, 0.15) is 5.82 Å². The van der Waals surface area contributed by atoms with E-state index >= 15 is 0 Å². The van der Waals surface area contributed by atoms with Crippen molar-refractivity contribution in [1.82, 2.24) is 15.0 Å². The van der Waals surface area contributed by atoms with E-state index in [2.05, 4.69) is 20.3 Å². The highest BCUT2D eigenvalue weighted by atomic mass is 35.5. The Morgan fingerprint density at radius 1 is 1.24 bits per heavy atom. The van der Waals surface area contributed by atoms with Crippen LogP contribution in [-0.2, 0) is 0 Å². The fourth-order valence-corrected chi connectivity index (χ4v) is 1.89. The molecular formula is C14H16ClFN4O. The molecule has 2 aromatic rings. The first-order valence-electron chi connectivity index (χ1n) is 6.61. The van der Waals surface area contributed by atoms with Gasteiger partial charge in [-0.1, -0.05) is 11.6 Å². The van der Waals surface area contributed by atoms with Crippen LogP contribution in [0.1, 0.15) is 20.8 Å². The molecule has 5 nitrogen and oxygen atoms in total. The molecule has 7 heteroatoms. The summed E-state index contributed by atoms with van der Waals surface area (Å²) in [6.45, 7) is 6.31. The van der Waals surface area contributed by atoms with Crippen LogP contribution in [0.25, 0.3) is 11.4 Å². The highest BCUT2D eigenvalue weighted by molar-refractivity contribution is 6.30. The predicted octanol–water partition coefficient (Wildman–Crippen LogP) is 3.55. The highest BCUT2D eigenvalue weighted by Gasteiger charge is 2.12. The Balaban J connectivity index is 2.47. The molecule has 112 valence electrons. The fourth-order valence-electron chi connectivity index (χ4n) is 1.67. The van der Waals surface area contributed by atoms with E-state index in [4.69, 9.17) is 16.3 Å². The maximum Gasteiger partial charge on any atom is 0.322 e. The molecule has 0 amide bonds. The molecule has 0 bridgehead atoms. The van der Waals surface area contributed by atoms with Gasteiger partial charge in [-0.3, -0.25) is 0 Å². The van der Waals surface area contributed by atoms with Crippen molar-refractivity contribution in [3.8, 4) is 17.4 Å². The zero-order chi connectivity index (χ0) is 15.4. The summed E-state index contributed by atoms with van der Waals surface area (Å²) in [5, 5.41) is 3.27. The summed E-state index contributed by atoms with van der Waals surface area (Å²) in [4.78, 5) is 12.6. The lowest BCUT2D eigenvalue weighted by Gasteiger charge is -2.11. The van der Waals surface area contributed by atoms with E-state index in [1.807, 2.05) is 20.8 Å². The lowest BCUT2D eigenvalue weighted by Crippen LogP contribution is -2.12. The van der Waals surface area contributed by atoms with E-state index in [1.54, 1.807) is 6.07 Å². The second-order valence-corrected chi connectivity index (χ2v) is 5.06. The third kappa shape index (κ3) is 4.26. The van der Waals surface area contributed by atoms with E-state index in [9.17, 15) is 4.39 Å². The topological polar surface area (TPSA) is 59.9 Å². The average molecular weight is 311 g/mol. The molecule has 0 fully saturated rings. The van der Waals surface area contributed by atoms with Gasteiger partial charge in [-0.25, -0.2) is 4.39 Å². The summed E-state index contributed by atoms with van der Waals surface area (Å²) < 4.78 is 19.0. The number of ether oxygens (including phenoxy) is 1. The molecule has 0 aliphatic heterocycles. The van der Waals surface area contributed by atoms with Gasteiger partial charge in [0.05, 0.1) is 6.10 Å². The fraction of sp³-hybridized carbons (Fsp3) is 0.357. The molecule has 0 atom stereocenters. The maximum absolute atomic E-state index is 13.5. The Morgan fingerprint density at radius 3 is 2.62 bits per heavy atom. The quantitative estimate of drug-likeness (QED) is 0.915. The number of rotatable bonds is 5.